The number of piperidine rings is 2. The van der Waals surface area contributed by atoms with Gasteiger partial charge in [-0.05, 0) is 135 Å². The van der Waals surface area contributed by atoms with Crippen LogP contribution < -0.4 is 9.80 Å². The number of anilines is 2. The van der Waals surface area contributed by atoms with Gasteiger partial charge in [-0.3, -0.25) is 28.8 Å². The number of rotatable bonds is 6. The molecule has 0 unspecified atom stereocenters. The number of aromatic nitrogens is 4. The third-order valence-electron chi connectivity index (χ3n) is 22.3. The molecule has 10 aliphatic carbocycles. The summed E-state index contributed by atoms with van der Waals surface area (Å²) in [6.07, 6.45) is 16.1. The second-order valence-corrected chi connectivity index (χ2v) is 27.2. The Morgan fingerprint density at radius 2 is 0.875 bits per heavy atom. The summed E-state index contributed by atoms with van der Waals surface area (Å²) in [5.41, 5.74) is 11.8. The maximum Gasteiger partial charge on any atom is 0.233 e. The smallest absolute Gasteiger partial charge is 0.233 e. The number of carbonyl (C=O) groups excluding carboxylic acids is 6. The molecule has 8 heterocycles. The molecule has 6 aromatic rings. The van der Waals surface area contributed by atoms with E-state index in [0.717, 1.165) is 90.9 Å². The number of likely N-dealkylation sites (tertiary alicyclic amines) is 2. The normalized spacial score (nSPS) is 34.1. The summed E-state index contributed by atoms with van der Waals surface area (Å²) in [6.45, 7) is 10.3. The number of halogens is 2. The Hall–Kier alpha value is -7.04. The highest BCUT2D eigenvalue weighted by molar-refractivity contribution is 6.20. The number of fused-ring (bicyclic) bond motifs is 8. The maximum atomic E-state index is 14.1. The number of carbonyl (C=O) groups is 6. The van der Waals surface area contributed by atoms with Gasteiger partial charge in [0.1, 0.15) is 11.5 Å². The van der Waals surface area contributed by atoms with Crippen LogP contribution in [0.3, 0.4) is 0 Å². The molecule has 2 aromatic carbocycles. The van der Waals surface area contributed by atoms with Crippen LogP contribution in [0.1, 0.15) is 129 Å². The molecule has 20 rings (SSSR count). The van der Waals surface area contributed by atoms with Crippen molar-refractivity contribution >= 4 is 91.6 Å². The molecular formula is C62H58Cl2N8O8. The first-order chi connectivity index (χ1) is 38.3. The van der Waals surface area contributed by atoms with E-state index < -0.39 is 21.7 Å². The number of hydrogen-bond acceptors (Lipinski definition) is 8. The largest absolute Gasteiger partial charge is 0.506 e. The fraction of sp³-hybridized carbons (Fsp3) is 0.452. The zero-order valence-corrected chi connectivity index (χ0v) is 46.2. The number of nitrogens with zero attached hydrogens (tertiary/aromatic N) is 4. The zero-order valence-electron chi connectivity index (χ0n) is 44.7. The number of aromatic amines is 4. The molecule has 4 aromatic heterocycles. The minimum absolute atomic E-state index is 0.00994. The summed E-state index contributed by atoms with van der Waals surface area (Å²) < 4.78 is 0. The summed E-state index contributed by atoms with van der Waals surface area (Å²) in [5.74, 6) is 1.73. The highest BCUT2D eigenvalue weighted by Crippen LogP contribution is 2.78. The van der Waals surface area contributed by atoms with Crippen molar-refractivity contribution in [1.29, 1.82) is 0 Å². The summed E-state index contributed by atoms with van der Waals surface area (Å²) in [5, 5.41) is 23.4. The van der Waals surface area contributed by atoms with Crippen molar-refractivity contribution in [3.05, 3.63) is 116 Å². The molecule has 16 nitrogen and oxygen atoms in total. The Morgan fingerprint density at radius 1 is 0.525 bits per heavy atom. The van der Waals surface area contributed by atoms with Gasteiger partial charge in [-0.1, -0.05) is 0 Å². The van der Waals surface area contributed by atoms with Gasteiger partial charge >= 0.3 is 0 Å². The Kier molecular flexibility index (Phi) is 8.78. The number of phenols is 2. The van der Waals surface area contributed by atoms with Crippen molar-refractivity contribution in [2.45, 2.75) is 102 Å². The second kappa shape index (κ2) is 14.7. The highest BCUT2D eigenvalue weighted by Gasteiger charge is 2.80. The molecule has 2 spiro atoms. The Labute approximate surface area is 468 Å². The minimum atomic E-state index is -0.580. The molecule has 4 bridgehead atoms. The molecule has 80 heavy (non-hydrogen) atoms. The molecule has 408 valence electrons. The molecule has 6 N–H and O–H groups in total. The van der Waals surface area contributed by atoms with Crippen molar-refractivity contribution in [1.82, 2.24) is 29.7 Å². The number of nitrogens with one attached hydrogen (secondary N) is 4. The monoisotopic (exact) mass is 1110 g/mol. The molecule has 2 saturated heterocycles. The third kappa shape index (κ3) is 5.34. The Bertz CT molecular complexity index is 3820. The van der Waals surface area contributed by atoms with Gasteiger partial charge in [-0.25, -0.2) is 0 Å². The predicted molar refractivity (Wildman–Crippen MR) is 297 cm³/mol. The number of alkyl halides is 2. The van der Waals surface area contributed by atoms with Crippen molar-refractivity contribution in [2.75, 3.05) is 47.7 Å². The predicted octanol–water partition coefficient (Wildman–Crippen LogP) is 9.08. The number of aromatic hydroxyl groups is 2. The first kappa shape index (κ1) is 47.7. The molecule has 0 radical (unpaired) electrons. The van der Waals surface area contributed by atoms with Crippen LogP contribution in [0, 0.1) is 61.2 Å². The van der Waals surface area contributed by atoms with E-state index in [1.54, 1.807) is 34.1 Å². The van der Waals surface area contributed by atoms with E-state index in [0.29, 0.717) is 111 Å². The van der Waals surface area contributed by atoms with E-state index in [1.165, 1.54) is 0 Å². The molecule has 4 aliphatic heterocycles. The molecule has 14 aliphatic rings. The van der Waals surface area contributed by atoms with E-state index in [-0.39, 0.29) is 69.4 Å². The lowest BCUT2D eigenvalue weighted by Crippen LogP contribution is -2.73. The molecule has 18 heteroatoms. The van der Waals surface area contributed by atoms with E-state index in [1.807, 2.05) is 62.3 Å². The molecule has 8 saturated carbocycles. The van der Waals surface area contributed by atoms with Crippen LogP contribution in [0.4, 0.5) is 11.4 Å². The minimum Gasteiger partial charge on any atom is -0.506 e. The van der Waals surface area contributed by atoms with Gasteiger partial charge in [0.05, 0.1) is 55.5 Å². The average molecular weight is 1110 g/mol. The van der Waals surface area contributed by atoms with E-state index >= 15 is 0 Å². The number of H-pyrrole nitrogens is 4. The lowest BCUT2D eigenvalue weighted by Gasteiger charge is -2.69. The van der Waals surface area contributed by atoms with E-state index in [4.69, 9.17) is 23.2 Å². The number of aryl methyl sites for hydroxylation is 4. The first-order valence-electron chi connectivity index (χ1n) is 28.2. The van der Waals surface area contributed by atoms with Crippen molar-refractivity contribution in [3.8, 4) is 11.5 Å². The molecule has 6 atom stereocenters. The van der Waals surface area contributed by atoms with Crippen molar-refractivity contribution in [2.24, 2.45) is 33.5 Å². The van der Waals surface area contributed by atoms with Gasteiger partial charge in [0.15, 0.2) is 0 Å². The first-order valence-corrected chi connectivity index (χ1v) is 29.3. The summed E-state index contributed by atoms with van der Waals surface area (Å²) in [4.78, 5) is 102. The number of benzene rings is 2. The van der Waals surface area contributed by atoms with Crippen LogP contribution in [-0.4, -0.2) is 113 Å². The fourth-order valence-corrected chi connectivity index (χ4v) is 19.3. The van der Waals surface area contributed by atoms with Crippen LogP contribution in [0.5, 0.6) is 11.5 Å². The standard InChI is InChI=1S/C31H30Cl2N4O4.C31H28N4O4/c1-14-7-34-26-20(38)3-18-24(22(14)26)16(5-32)9-36(18)28(40)30-11-31(12-30,13-30)29(41)37-10-17(6-33)25-19(37)4-21(39)27-23(25)15(2)8-35-27;1-14-7-32-24-18(36)3-20-30(22(14)24)5-16(30)9-34(20)26(38)28-11-29(12-28,13-28)27(39)35-10-17-6-31(17)21(35)4-19(37)25-23(31)15(2)8-33-25/h3-4,7-8,16-17,34-35,38-39H,5-6,9-13H2,1-2H3;3-4,7-8,16-17,32-33H,5-6,9-13H2,1-2H3/t16-,17-,30?,31?;16-,17-,28?,29?,30+,31+/m11/s1. The number of hydrogen-bond donors (Lipinski definition) is 6. The van der Waals surface area contributed by atoms with E-state index in [2.05, 4.69) is 19.9 Å². The number of ketones is 2. The van der Waals surface area contributed by atoms with Crippen molar-refractivity contribution < 1.29 is 39.0 Å². The van der Waals surface area contributed by atoms with Gasteiger partial charge in [-0.15, -0.1) is 23.2 Å². The molecule has 10 fully saturated rings. The summed E-state index contributed by atoms with van der Waals surface area (Å²) >= 11 is 12.8. The lowest BCUT2D eigenvalue weighted by atomic mass is 9.34. The fourth-order valence-electron chi connectivity index (χ4n) is 18.8. The maximum absolute atomic E-state index is 14.1. The second-order valence-electron chi connectivity index (χ2n) is 26.6. The van der Waals surface area contributed by atoms with Crippen LogP contribution in [0.25, 0.3) is 21.8 Å². The number of amides is 4. The van der Waals surface area contributed by atoms with Gasteiger partial charge in [0.2, 0.25) is 35.2 Å². The topological polar surface area (TPSA) is 219 Å². The van der Waals surface area contributed by atoms with Crippen LogP contribution in [0.2, 0.25) is 0 Å². The van der Waals surface area contributed by atoms with Crippen LogP contribution >= 0.6 is 23.2 Å². The van der Waals surface area contributed by atoms with Crippen LogP contribution in [0.15, 0.2) is 60.5 Å². The lowest BCUT2D eigenvalue weighted by molar-refractivity contribution is -0.219. The Morgan fingerprint density at radius 3 is 1.24 bits per heavy atom. The SMILES string of the molecule is Cc1c[nH]c2c(O)cc3c(c12)[C@H](CCl)CN3C(=O)C12CC(C(=O)N3C[C@@H](CCl)c4c3cc(O)c3[nH]cc(C)c43)(C1)C2.Cc1c[nH]c2c1[C@@]13C[C@@H]1CN(C(=O)C14CC(C(=O)N5C[C@H]6C[C@@]67C5=CC(=O)c5[nH]cc(C)c57)(C1)C4)C3=CC2=O. The number of phenolic OH excluding ortho intramolecular Hbond substituents is 2. The summed E-state index contributed by atoms with van der Waals surface area (Å²) in [7, 11) is 0. The van der Waals surface area contributed by atoms with Gasteiger partial charge < -0.3 is 49.7 Å². The van der Waals surface area contributed by atoms with Gasteiger partial charge in [-0.2, -0.15) is 0 Å². The zero-order chi connectivity index (χ0) is 55.0. The van der Waals surface area contributed by atoms with Gasteiger partial charge in [0.25, 0.3) is 0 Å². The summed E-state index contributed by atoms with van der Waals surface area (Å²) in [6, 6.07) is 3.35. The molecule has 4 amide bonds. The third-order valence-corrected chi connectivity index (χ3v) is 23.1. The average Bonchev–Trinajstić information content (AvgIpc) is 1.89. The van der Waals surface area contributed by atoms with Gasteiger partial charge in [0, 0.05) is 132 Å². The van der Waals surface area contributed by atoms with Crippen LogP contribution in [-0.2, 0) is 30.0 Å². The number of allylic oxidation sites excluding steroid dienone is 4. The molecular weight excluding hydrogens is 1060 g/mol. The van der Waals surface area contributed by atoms with Crippen molar-refractivity contribution in [3.63, 3.8) is 0 Å². The highest BCUT2D eigenvalue weighted by atomic mass is 35.5. The Balaban J connectivity index is 0.000000128. The quantitative estimate of drug-likeness (QED) is 0.0882. The van der Waals surface area contributed by atoms with E-state index in [9.17, 15) is 39.0 Å².